The third-order valence-corrected chi connectivity index (χ3v) is 7.68. The van der Waals surface area contributed by atoms with Crippen molar-refractivity contribution in [2.45, 2.75) is 69.4 Å². The van der Waals surface area contributed by atoms with Crippen LogP contribution >= 0.6 is 0 Å². The Kier molecular flexibility index (Phi) is 5.85. The van der Waals surface area contributed by atoms with Crippen molar-refractivity contribution in [2.75, 3.05) is 26.2 Å². The van der Waals surface area contributed by atoms with Crippen molar-refractivity contribution < 1.29 is 9.90 Å². The number of aliphatic hydroxyl groups is 1. The van der Waals surface area contributed by atoms with E-state index in [-0.39, 0.29) is 24.5 Å². The Morgan fingerprint density at radius 3 is 2.43 bits per heavy atom. The SMILES string of the molecule is O=C(C1CCCC1)N1CCCCN2[C@@H](CO)[C@@H](c3ccc(C#CC4CC4)cc3)[C@@H]2C1. The molecule has 4 fully saturated rings. The van der Waals surface area contributed by atoms with Crippen LogP contribution in [0.25, 0.3) is 0 Å². The maximum Gasteiger partial charge on any atom is 0.225 e. The quantitative estimate of drug-likeness (QED) is 0.783. The molecule has 1 amide bonds. The first kappa shape index (κ1) is 20.1. The van der Waals surface area contributed by atoms with Crippen molar-refractivity contribution in [2.24, 2.45) is 11.8 Å². The summed E-state index contributed by atoms with van der Waals surface area (Å²) in [6.07, 6.45) is 9.20. The smallest absolute Gasteiger partial charge is 0.225 e. The lowest BCUT2D eigenvalue weighted by Crippen LogP contribution is -2.68. The van der Waals surface area contributed by atoms with Gasteiger partial charge in [-0.3, -0.25) is 9.69 Å². The van der Waals surface area contributed by atoms with Crippen molar-refractivity contribution in [3.05, 3.63) is 35.4 Å². The molecule has 4 heteroatoms. The summed E-state index contributed by atoms with van der Waals surface area (Å²) in [7, 11) is 0. The zero-order chi connectivity index (χ0) is 20.5. The number of aliphatic hydroxyl groups excluding tert-OH is 1. The maximum atomic E-state index is 13.2. The fourth-order valence-electron chi connectivity index (χ4n) is 5.77. The fraction of sp³-hybridized carbons (Fsp3) is 0.654. The first-order chi connectivity index (χ1) is 14.7. The number of benzene rings is 1. The molecule has 0 unspecified atom stereocenters. The van der Waals surface area contributed by atoms with Gasteiger partial charge in [0, 0.05) is 48.5 Å². The number of carbonyl (C=O) groups excluding carboxylic acids is 1. The van der Waals surface area contributed by atoms with E-state index in [9.17, 15) is 9.90 Å². The molecular weight excluding hydrogens is 372 g/mol. The van der Waals surface area contributed by atoms with Crippen molar-refractivity contribution >= 4 is 5.91 Å². The highest BCUT2D eigenvalue weighted by Gasteiger charge is 2.49. The van der Waals surface area contributed by atoms with Gasteiger partial charge in [0.15, 0.2) is 0 Å². The molecule has 30 heavy (non-hydrogen) atoms. The van der Waals surface area contributed by atoms with Crippen LogP contribution in [0.1, 0.15) is 68.4 Å². The van der Waals surface area contributed by atoms with Gasteiger partial charge >= 0.3 is 0 Å². The van der Waals surface area contributed by atoms with Gasteiger partial charge in [-0.15, -0.1) is 0 Å². The molecule has 1 N–H and O–H groups in total. The molecule has 2 aliphatic heterocycles. The summed E-state index contributed by atoms with van der Waals surface area (Å²) in [5.74, 6) is 8.16. The van der Waals surface area contributed by atoms with Gasteiger partial charge in [-0.25, -0.2) is 0 Å². The highest BCUT2D eigenvalue weighted by Crippen LogP contribution is 2.42. The molecule has 3 atom stereocenters. The lowest BCUT2D eigenvalue weighted by Gasteiger charge is -2.57. The Bertz CT molecular complexity index is 814. The van der Waals surface area contributed by atoms with Gasteiger partial charge in [0.05, 0.1) is 6.61 Å². The molecule has 2 heterocycles. The highest BCUT2D eigenvalue weighted by atomic mass is 16.3. The molecule has 0 spiro atoms. The summed E-state index contributed by atoms with van der Waals surface area (Å²) in [6.45, 7) is 2.91. The number of rotatable bonds is 3. The van der Waals surface area contributed by atoms with E-state index in [1.807, 2.05) is 0 Å². The van der Waals surface area contributed by atoms with Gasteiger partial charge in [-0.05, 0) is 62.8 Å². The summed E-state index contributed by atoms with van der Waals surface area (Å²) >= 11 is 0. The Morgan fingerprint density at radius 1 is 1.00 bits per heavy atom. The Morgan fingerprint density at radius 2 is 1.73 bits per heavy atom. The molecule has 0 radical (unpaired) electrons. The molecule has 1 aromatic carbocycles. The van der Waals surface area contributed by atoms with Crippen molar-refractivity contribution in [3.8, 4) is 11.8 Å². The average molecular weight is 407 g/mol. The minimum Gasteiger partial charge on any atom is -0.395 e. The summed E-state index contributed by atoms with van der Waals surface area (Å²) in [5, 5.41) is 10.1. The van der Waals surface area contributed by atoms with Crippen LogP contribution in [0.5, 0.6) is 0 Å². The lowest BCUT2D eigenvalue weighted by molar-refractivity contribution is -0.140. The molecule has 4 aliphatic rings. The second-order valence-electron chi connectivity index (χ2n) is 9.72. The molecule has 5 rings (SSSR count). The van der Waals surface area contributed by atoms with Crippen LogP contribution in [0.4, 0.5) is 0 Å². The monoisotopic (exact) mass is 406 g/mol. The third kappa shape index (κ3) is 4.03. The molecule has 2 aliphatic carbocycles. The standard InChI is InChI=1S/C26H34N2O2/c29-18-24-25(21-13-11-20(12-14-21)10-9-19-7-8-19)23-17-27(15-3-4-16-28(23)24)26(30)22-5-1-2-6-22/h11-14,19,22-25,29H,1-8,15-18H2/t23-,24-,25-/m0/s1. The van der Waals surface area contributed by atoms with Crippen LogP contribution in [0.15, 0.2) is 24.3 Å². The highest BCUT2D eigenvalue weighted by molar-refractivity contribution is 5.79. The first-order valence-corrected chi connectivity index (χ1v) is 12.0. The molecular formula is C26H34N2O2. The number of amides is 1. The Balaban J connectivity index is 1.33. The Labute approximate surface area is 180 Å². The zero-order valence-corrected chi connectivity index (χ0v) is 17.9. The zero-order valence-electron chi connectivity index (χ0n) is 17.9. The summed E-state index contributed by atoms with van der Waals surface area (Å²) in [5.41, 5.74) is 2.36. The van der Waals surface area contributed by atoms with Crippen LogP contribution in [0, 0.1) is 23.7 Å². The summed E-state index contributed by atoms with van der Waals surface area (Å²) in [6, 6.07) is 9.14. The van der Waals surface area contributed by atoms with E-state index in [4.69, 9.17) is 0 Å². The molecule has 4 nitrogen and oxygen atoms in total. The van der Waals surface area contributed by atoms with Gasteiger partial charge in [-0.1, -0.05) is 36.8 Å². The van der Waals surface area contributed by atoms with Crippen molar-refractivity contribution in [1.29, 1.82) is 0 Å². The predicted molar refractivity (Wildman–Crippen MR) is 118 cm³/mol. The van der Waals surface area contributed by atoms with Crippen LogP contribution in [0.2, 0.25) is 0 Å². The van der Waals surface area contributed by atoms with Gasteiger partial charge in [0.1, 0.15) is 0 Å². The molecule has 2 saturated heterocycles. The van der Waals surface area contributed by atoms with Gasteiger partial charge in [0.25, 0.3) is 0 Å². The van der Waals surface area contributed by atoms with E-state index in [1.165, 1.54) is 31.2 Å². The number of nitrogens with zero attached hydrogens (tertiary/aromatic N) is 2. The number of hydrogen-bond donors (Lipinski definition) is 1. The summed E-state index contributed by atoms with van der Waals surface area (Å²) < 4.78 is 0. The summed E-state index contributed by atoms with van der Waals surface area (Å²) in [4.78, 5) is 17.8. The topological polar surface area (TPSA) is 43.8 Å². The fourth-order valence-corrected chi connectivity index (χ4v) is 5.77. The molecule has 160 valence electrons. The minimum atomic E-state index is 0.167. The van der Waals surface area contributed by atoms with Crippen molar-refractivity contribution in [1.82, 2.24) is 9.80 Å². The van der Waals surface area contributed by atoms with E-state index in [0.29, 0.717) is 17.9 Å². The van der Waals surface area contributed by atoms with Crippen LogP contribution < -0.4 is 0 Å². The van der Waals surface area contributed by atoms with E-state index in [0.717, 1.165) is 50.9 Å². The minimum absolute atomic E-state index is 0.167. The van der Waals surface area contributed by atoms with Crippen LogP contribution in [-0.4, -0.2) is 59.1 Å². The molecule has 2 saturated carbocycles. The van der Waals surface area contributed by atoms with Crippen LogP contribution in [0.3, 0.4) is 0 Å². The van der Waals surface area contributed by atoms with Gasteiger partial charge < -0.3 is 10.0 Å². The maximum absolute atomic E-state index is 13.2. The average Bonchev–Trinajstić information content (AvgIpc) is 3.42. The van der Waals surface area contributed by atoms with E-state index in [2.05, 4.69) is 45.9 Å². The largest absolute Gasteiger partial charge is 0.395 e. The normalized spacial score (nSPS) is 29.9. The number of hydrogen-bond acceptors (Lipinski definition) is 3. The molecule has 1 aromatic rings. The van der Waals surface area contributed by atoms with Gasteiger partial charge in [-0.2, -0.15) is 0 Å². The second kappa shape index (κ2) is 8.73. The predicted octanol–water partition coefficient (Wildman–Crippen LogP) is 3.39. The number of carbonyl (C=O) groups is 1. The molecule has 0 aromatic heterocycles. The third-order valence-electron chi connectivity index (χ3n) is 7.68. The van der Waals surface area contributed by atoms with Crippen LogP contribution in [-0.2, 0) is 4.79 Å². The number of fused-ring (bicyclic) bond motifs is 1. The van der Waals surface area contributed by atoms with Gasteiger partial charge in [0.2, 0.25) is 5.91 Å². The molecule has 0 bridgehead atoms. The lowest BCUT2D eigenvalue weighted by atomic mass is 9.74. The van der Waals surface area contributed by atoms with E-state index < -0.39 is 0 Å². The first-order valence-electron chi connectivity index (χ1n) is 12.0. The second-order valence-corrected chi connectivity index (χ2v) is 9.72. The van der Waals surface area contributed by atoms with E-state index >= 15 is 0 Å². The Hall–Kier alpha value is -1.83. The van der Waals surface area contributed by atoms with Crippen molar-refractivity contribution in [3.63, 3.8) is 0 Å². The van der Waals surface area contributed by atoms with E-state index in [1.54, 1.807) is 0 Å².